The van der Waals surface area contributed by atoms with E-state index in [0.717, 1.165) is 18.3 Å². The lowest BCUT2D eigenvalue weighted by Gasteiger charge is -2.07. The van der Waals surface area contributed by atoms with Crippen molar-refractivity contribution in [3.05, 3.63) is 75.1 Å². The van der Waals surface area contributed by atoms with Crippen LogP contribution in [0.1, 0.15) is 21.5 Å². The molecule has 1 amide bonds. The molecule has 25 heavy (non-hydrogen) atoms. The molecule has 0 aliphatic heterocycles. The largest absolute Gasteiger partial charge is 0.416 e. The number of nitrogens with zero attached hydrogens (tertiary/aromatic N) is 2. The lowest BCUT2D eigenvalue weighted by Crippen LogP contribution is -2.19. The predicted octanol–water partition coefficient (Wildman–Crippen LogP) is 3.52. The van der Waals surface area contributed by atoms with Crippen LogP contribution in [0.3, 0.4) is 0 Å². The minimum absolute atomic E-state index is 0.266. The van der Waals surface area contributed by atoms with E-state index in [1.807, 2.05) is 5.43 Å². The molecule has 0 saturated carbocycles. The third-order valence-corrected chi connectivity index (χ3v) is 3.04. The van der Waals surface area contributed by atoms with Crippen LogP contribution in [0.5, 0.6) is 0 Å². The molecule has 0 aliphatic rings. The van der Waals surface area contributed by atoms with Gasteiger partial charge < -0.3 is 0 Å². The second-order valence-corrected chi connectivity index (χ2v) is 4.71. The van der Waals surface area contributed by atoms with Crippen molar-refractivity contribution in [3.63, 3.8) is 0 Å². The maximum atomic E-state index is 13.6. The van der Waals surface area contributed by atoms with Crippen LogP contribution < -0.4 is 5.43 Å². The Morgan fingerprint density at radius 3 is 2.48 bits per heavy atom. The number of nitrogens with one attached hydrogen (secondary N) is 1. The van der Waals surface area contributed by atoms with E-state index < -0.39 is 34.1 Å². The molecule has 0 spiro atoms. The monoisotopic (exact) mass is 355 g/mol. The van der Waals surface area contributed by atoms with Crippen LogP contribution in [0.25, 0.3) is 0 Å². The van der Waals surface area contributed by atoms with Crippen LogP contribution in [0.15, 0.2) is 47.6 Å². The number of hydrogen-bond donors (Lipinski definition) is 1. The second kappa shape index (κ2) is 7.07. The number of hydrazone groups is 1. The van der Waals surface area contributed by atoms with Gasteiger partial charge in [-0.1, -0.05) is 12.1 Å². The normalized spacial score (nSPS) is 11.5. The average molecular weight is 355 g/mol. The molecule has 0 radical (unpaired) electrons. The first-order valence-electron chi connectivity index (χ1n) is 6.63. The van der Waals surface area contributed by atoms with Crippen molar-refractivity contribution >= 4 is 17.8 Å². The van der Waals surface area contributed by atoms with Gasteiger partial charge in [-0.15, -0.1) is 0 Å². The van der Waals surface area contributed by atoms with Crippen LogP contribution in [0.2, 0.25) is 0 Å². The Labute approximate surface area is 137 Å². The van der Waals surface area contributed by atoms with Gasteiger partial charge in [0, 0.05) is 11.6 Å². The molecule has 0 bridgehead atoms. The van der Waals surface area contributed by atoms with Gasteiger partial charge >= 0.3 is 6.18 Å². The van der Waals surface area contributed by atoms with Gasteiger partial charge in [-0.2, -0.15) is 18.3 Å². The van der Waals surface area contributed by atoms with E-state index in [1.165, 1.54) is 18.2 Å². The van der Waals surface area contributed by atoms with Gasteiger partial charge in [0.05, 0.1) is 16.7 Å². The lowest BCUT2D eigenvalue weighted by atomic mass is 10.1. The molecule has 10 heteroatoms. The van der Waals surface area contributed by atoms with E-state index in [4.69, 9.17) is 0 Å². The lowest BCUT2D eigenvalue weighted by molar-refractivity contribution is -0.385. The van der Waals surface area contributed by atoms with Crippen LogP contribution in [-0.2, 0) is 6.18 Å². The first-order valence-corrected chi connectivity index (χ1v) is 6.63. The number of nitro groups is 1. The van der Waals surface area contributed by atoms with Crippen LogP contribution in [-0.4, -0.2) is 17.0 Å². The number of carbonyl (C=O) groups is 1. The van der Waals surface area contributed by atoms with Gasteiger partial charge in [0.2, 0.25) is 0 Å². The summed E-state index contributed by atoms with van der Waals surface area (Å²) in [6, 6.07) is 6.89. The van der Waals surface area contributed by atoms with E-state index in [2.05, 4.69) is 5.10 Å². The fraction of sp³-hybridized carbons (Fsp3) is 0.0667. The van der Waals surface area contributed by atoms with Crippen molar-refractivity contribution in [1.82, 2.24) is 5.43 Å². The van der Waals surface area contributed by atoms with Crippen molar-refractivity contribution in [2.75, 3.05) is 0 Å². The molecule has 0 atom stereocenters. The summed E-state index contributed by atoms with van der Waals surface area (Å²) >= 11 is 0. The maximum absolute atomic E-state index is 13.6. The van der Waals surface area contributed by atoms with Crippen LogP contribution >= 0.6 is 0 Å². The van der Waals surface area contributed by atoms with Crippen molar-refractivity contribution < 1.29 is 27.3 Å². The van der Waals surface area contributed by atoms with Gasteiger partial charge in [0.15, 0.2) is 0 Å². The van der Waals surface area contributed by atoms with Gasteiger partial charge in [0.1, 0.15) is 11.4 Å². The minimum Gasteiger partial charge on any atom is -0.267 e. The SMILES string of the molecule is O=C(N/N=C/c1ccc(C(F)(F)F)cc1F)c1ccccc1[N+](=O)[O-]. The number of para-hydroxylation sites is 1. The molecule has 2 rings (SSSR count). The Bertz CT molecular complexity index is 850. The summed E-state index contributed by atoms with van der Waals surface area (Å²) in [4.78, 5) is 21.9. The van der Waals surface area contributed by atoms with Gasteiger partial charge in [0.25, 0.3) is 11.6 Å². The van der Waals surface area contributed by atoms with Crippen molar-refractivity contribution in [2.45, 2.75) is 6.18 Å². The van der Waals surface area contributed by atoms with E-state index in [9.17, 15) is 32.5 Å². The Hall–Kier alpha value is -3.30. The first-order chi connectivity index (χ1) is 11.7. The Morgan fingerprint density at radius 1 is 1.20 bits per heavy atom. The molecular weight excluding hydrogens is 346 g/mol. The highest BCUT2D eigenvalue weighted by molar-refractivity contribution is 5.98. The zero-order valence-electron chi connectivity index (χ0n) is 12.2. The average Bonchev–Trinajstić information content (AvgIpc) is 2.55. The maximum Gasteiger partial charge on any atom is 0.416 e. The van der Waals surface area contributed by atoms with E-state index in [-0.39, 0.29) is 11.1 Å². The molecular formula is C15H9F4N3O3. The Balaban J connectivity index is 2.14. The van der Waals surface area contributed by atoms with E-state index in [1.54, 1.807) is 0 Å². The molecule has 2 aromatic carbocycles. The van der Waals surface area contributed by atoms with Crippen molar-refractivity contribution in [1.29, 1.82) is 0 Å². The molecule has 0 heterocycles. The highest BCUT2D eigenvalue weighted by atomic mass is 19.4. The molecule has 0 unspecified atom stereocenters. The van der Waals surface area contributed by atoms with E-state index in [0.29, 0.717) is 12.1 Å². The van der Waals surface area contributed by atoms with Crippen molar-refractivity contribution in [3.8, 4) is 0 Å². The van der Waals surface area contributed by atoms with Crippen LogP contribution in [0.4, 0.5) is 23.2 Å². The van der Waals surface area contributed by atoms with Crippen LogP contribution in [0, 0.1) is 15.9 Å². The number of amides is 1. The summed E-state index contributed by atoms with van der Waals surface area (Å²) in [6.07, 6.45) is -3.89. The van der Waals surface area contributed by atoms with Gasteiger partial charge in [-0.05, 0) is 24.3 Å². The zero-order chi connectivity index (χ0) is 18.6. The number of nitro benzene ring substituents is 1. The molecule has 1 N–H and O–H groups in total. The highest BCUT2D eigenvalue weighted by Gasteiger charge is 2.31. The van der Waals surface area contributed by atoms with Gasteiger partial charge in [-0.25, -0.2) is 9.82 Å². The second-order valence-electron chi connectivity index (χ2n) is 4.71. The summed E-state index contributed by atoms with van der Waals surface area (Å²) in [5, 5.41) is 14.2. The molecule has 6 nitrogen and oxygen atoms in total. The zero-order valence-corrected chi connectivity index (χ0v) is 12.2. The third-order valence-electron chi connectivity index (χ3n) is 3.04. The third kappa shape index (κ3) is 4.37. The Morgan fingerprint density at radius 2 is 1.88 bits per heavy atom. The summed E-state index contributed by atoms with van der Waals surface area (Å²) < 4.78 is 50.9. The number of alkyl halides is 3. The topological polar surface area (TPSA) is 84.6 Å². The number of hydrogen-bond acceptors (Lipinski definition) is 4. The predicted molar refractivity (Wildman–Crippen MR) is 79.6 cm³/mol. The quantitative estimate of drug-likeness (QED) is 0.394. The summed E-state index contributed by atoms with van der Waals surface area (Å²) in [5.74, 6) is -2.10. The number of benzene rings is 2. The molecule has 130 valence electrons. The summed E-state index contributed by atoms with van der Waals surface area (Å²) in [6.45, 7) is 0. The molecule has 0 saturated heterocycles. The number of carbonyl (C=O) groups excluding carboxylic acids is 1. The highest BCUT2D eigenvalue weighted by Crippen LogP contribution is 2.29. The number of rotatable bonds is 4. The molecule has 0 aliphatic carbocycles. The summed E-state index contributed by atoms with van der Waals surface area (Å²) in [7, 11) is 0. The van der Waals surface area contributed by atoms with Crippen molar-refractivity contribution in [2.24, 2.45) is 5.10 Å². The molecule has 2 aromatic rings. The summed E-state index contributed by atoms with van der Waals surface area (Å²) in [5.41, 5.74) is -0.219. The van der Waals surface area contributed by atoms with E-state index >= 15 is 0 Å². The fourth-order valence-electron chi connectivity index (χ4n) is 1.85. The number of halogens is 4. The van der Waals surface area contributed by atoms with Gasteiger partial charge in [-0.3, -0.25) is 14.9 Å². The molecule has 0 aromatic heterocycles. The standard InChI is InChI=1S/C15H9F4N3O3/c16-12-7-10(15(17,18)19)6-5-9(12)8-20-21-14(23)11-3-1-2-4-13(11)22(24)25/h1-8H,(H,21,23)/b20-8+. The minimum atomic E-state index is -4.68. The first kappa shape index (κ1) is 18.0. The molecule has 0 fully saturated rings. The Kier molecular flexibility index (Phi) is 5.11. The smallest absolute Gasteiger partial charge is 0.267 e. The fourth-order valence-corrected chi connectivity index (χ4v) is 1.85.